The van der Waals surface area contributed by atoms with Gasteiger partial charge in [0.05, 0.1) is 6.04 Å². The molecule has 0 saturated carbocycles. The number of piperazine rings is 1. The number of hydrogen-bond acceptors (Lipinski definition) is 3. The molecule has 2 aromatic carbocycles. The molecule has 28 heavy (non-hydrogen) atoms. The number of nitrogens with zero attached hydrogens (tertiary/aromatic N) is 3. The summed E-state index contributed by atoms with van der Waals surface area (Å²) in [6, 6.07) is 15.4. The molecule has 0 N–H and O–H groups in total. The SMILES string of the molecule is O=C(COc1ccccc1)N1CCN2C(=O)N(Cc3ccc(F)cc3)CC2C1. The van der Waals surface area contributed by atoms with Gasteiger partial charge in [0.2, 0.25) is 0 Å². The first-order valence-corrected chi connectivity index (χ1v) is 9.36. The standard InChI is InChI=1S/C21H22FN3O3/c22-17-8-6-16(7-9-17)12-24-14-18-13-23(10-11-25(18)21(24)27)20(26)15-28-19-4-2-1-3-5-19/h1-9,18H,10-15H2. The van der Waals surface area contributed by atoms with Crippen molar-refractivity contribution in [2.24, 2.45) is 0 Å². The van der Waals surface area contributed by atoms with Crippen LogP contribution in [-0.4, -0.2) is 65.5 Å². The van der Waals surface area contributed by atoms with Crippen molar-refractivity contribution in [2.75, 3.05) is 32.8 Å². The predicted octanol–water partition coefficient (Wildman–Crippen LogP) is 2.35. The average Bonchev–Trinajstić information content (AvgIpc) is 3.03. The van der Waals surface area contributed by atoms with Gasteiger partial charge in [0.1, 0.15) is 11.6 Å². The molecule has 146 valence electrons. The largest absolute Gasteiger partial charge is 0.484 e. The Kier molecular flexibility index (Phi) is 5.14. The van der Waals surface area contributed by atoms with Crippen molar-refractivity contribution in [3.05, 3.63) is 66.0 Å². The van der Waals surface area contributed by atoms with Crippen molar-refractivity contribution in [2.45, 2.75) is 12.6 Å². The maximum atomic E-state index is 13.1. The van der Waals surface area contributed by atoms with Gasteiger partial charge in [-0.3, -0.25) is 4.79 Å². The van der Waals surface area contributed by atoms with Gasteiger partial charge < -0.3 is 19.4 Å². The number of amides is 3. The third kappa shape index (κ3) is 3.93. The highest BCUT2D eigenvalue weighted by Gasteiger charge is 2.41. The van der Waals surface area contributed by atoms with Crippen molar-refractivity contribution < 1.29 is 18.7 Å². The Morgan fingerprint density at radius 2 is 1.79 bits per heavy atom. The molecule has 2 fully saturated rings. The molecule has 2 aliphatic rings. The van der Waals surface area contributed by atoms with Crippen LogP contribution in [0.25, 0.3) is 0 Å². The van der Waals surface area contributed by atoms with Gasteiger partial charge in [-0.25, -0.2) is 9.18 Å². The monoisotopic (exact) mass is 383 g/mol. The van der Waals surface area contributed by atoms with E-state index in [-0.39, 0.29) is 30.4 Å². The van der Waals surface area contributed by atoms with Crippen LogP contribution < -0.4 is 4.74 Å². The Bertz CT molecular complexity index is 844. The first-order chi connectivity index (χ1) is 13.6. The lowest BCUT2D eigenvalue weighted by molar-refractivity contribution is -0.135. The van der Waals surface area contributed by atoms with Crippen LogP contribution in [-0.2, 0) is 11.3 Å². The van der Waals surface area contributed by atoms with Crippen molar-refractivity contribution in [1.29, 1.82) is 0 Å². The maximum absolute atomic E-state index is 13.1. The van der Waals surface area contributed by atoms with Crippen LogP contribution in [0.1, 0.15) is 5.56 Å². The molecule has 2 aromatic rings. The van der Waals surface area contributed by atoms with Gasteiger partial charge in [-0.2, -0.15) is 0 Å². The minimum Gasteiger partial charge on any atom is -0.484 e. The molecule has 3 amide bonds. The summed E-state index contributed by atoms with van der Waals surface area (Å²) >= 11 is 0. The Balaban J connectivity index is 1.32. The number of benzene rings is 2. The van der Waals surface area contributed by atoms with E-state index in [1.54, 1.807) is 21.9 Å². The molecular formula is C21H22FN3O3. The highest BCUT2D eigenvalue weighted by Crippen LogP contribution is 2.23. The maximum Gasteiger partial charge on any atom is 0.320 e. The molecule has 2 saturated heterocycles. The molecule has 4 rings (SSSR count). The molecule has 0 spiro atoms. The summed E-state index contributed by atoms with van der Waals surface area (Å²) in [5, 5.41) is 0. The summed E-state index contributed by atoms with van der Waals surface area (Å²) in [6.07, 6.45) is 0. The lowest BCUT2D eigenvalue weighted by Crippen LogP contribution is -2.54. The van der Waals surface area contributed by atoms with Crippen LogP contribution in [0, 0.1) is 5.82 Å². The van der Waals surface area contributed by atoms with E-state index >= 15 is 0 Å². The summed E-state index contributed by atoms with van der Waals surface area (Å²) in [4.78, 5) is 30.5. The van der Waals surface area contributed by atoms with Gasteiger partial charge in [0.15, 0.2) is 6.61 Å². The number of urea groups is 1. The summed E-state index contributed by atoms with van der Waals surface area (Å²) in [7, 11) is 0. The Labute approximate surface area is 163 Å². The fourth-order valence-corrected chi connectivity index (χ4v) is 3.70. The molecule has 0 aromatic heterocycles. The molecule has 0 radical (unpaired) electrons. The minimum absolute atomic E-state index is 0.00995. The topological polar surface area (TPSA) is 53.1 Å². The predicted molar refractivity (Wildman–Crippen MR) is 101 cm³/mol. The van der Waals surface area contributed by atoms with Crippen LogP contribution >= 0.6 is 0 Å². The fraction of sp³-hybridized carbons (Fsp3) is 0.333. The molecule has 0 bridgehead atoms. The lowest BCUT2D eigenvalue weighted by Gasteiger charge is -2.36. The molecule has 7 heteroatoms. The second-order valence-corrected chi connectivity index (χ2v) is 7.08. The van der Waals surface area contributed by atoms with Crippen LogP contribution in [0.15, 0.2) is 54.6 Å². The van der Waals surface area contributed by atoms with Crippen LogP contribution in [0.5, 0.6) is 5.75 Å². The van der Waals surface area contributed by atoms with Crippen molar-refractivity contribution >= 4 is 11.9 Å². The van der Waals surface area contributed by atoms with E-state index in [1.807, 2.05) is 35.2 Å². The number of carbonyl (C=O) groups excluding carboxylic acids is 2. The zero-order valence-electron chi connectivity index (χ0n) is 15.5. The van der Waals surface area contributed by atoms with Gasteiger partial charge >= 0.3 is 6.03 Å². The minimum atomic E-state index is -0.291. The number of fused-ring (bicyclic) bond motifs is 1. The number of hydrogen-bond donors (Lipinski definition) is 0. The van der Waals surface area contributed by atoms with Gasteiger partial charge in [-0.05, 0) is 29.8 Å². The molecule has 2 aliphatic heterocycles. The number of para-hydroxylation sites is 1. The van der Waals surface area contributed by atoms with Gasteiger partial charge in [-0.15, -0.1) is 0 Å². The fourth-order valence-electron chi connectivity index (χ4n) is 3.70. The molecule has 0 aliphatic carbocycles. The van der Waals surface area contributed by atoms with E-state index < -0.39 is 0 Å². The number of halogens is 1. The van der Waals surface area contributed by atoms with Crippen LogP contribution in [0.4, 0.5) is 9.18 Å². The molecule has 1 atom stereocenters. The zero-order valence-corrected chi connectivity index (χ0v) is 15.5. The normalized spacial score (nSPS) is 19.0. The highest BCUT2D eigenvalue weighted by molar-refractivity contribution is 5.80. The Morgan fingerprint density at radius 1 is 1.04 bits per heavy atom. The summed E-state index contributed by atoms with van der Waals surface area (Å²) in [6.45, 7) is 2.51. The van der Waals surface area contributed by atoms with Gasteiger partial charge in [0, 0.05) is 32.7 Å². The quantitative estimate of drug-likeness (QED) is 0.797. The molecule has 2 heterocycles. The second-order valence-electron chi connectivity index (χ2n) is 7.08. The van der Waals surface area contributed by atoms with E-state index in [0.717, 1.165) is 5.56 Å². The summed E-state index contributed by atoms with van der Waals surface area (Å²) < 4.78 is 18.6. The number of ether oxygens (including phenoxy) is 1. The molecule has 1 unspecified atom stereocenters. The first kappa shape index (κ1) is 18.3. The van der Waals surface area contributed by atoms with Crippen molar-refractivity contribution in [3.8, 4) is 5.75 Å². The first-order valence-electron chi connectivity index (χ1n) is 9.36. The summed E-state index contributed by atoms with van der Waals surface area (Å²) in [5.74, 6) is 0.296. The highest BCUT2D eigenvalue weighted by atomic mass is 19.1. The Morgan fingerprint density at radius 3 is 2.54 bits per heavy atom. The van der Waals surface area contributed by atoms with Gasteiger partial charge in [0.25, 0.3) is 5.91 Å². The van der Waals surface area contributed by atoms with E-state index in [9.17, 15) is 14.0 Å². The third-order valence-corrected chi connectivity index (χ3v) is 5.17. The van der Waals surface area contributed by atoms with Crippen molar-refractivity contribution in [3.63, 3.8) is 0 Å². The lowest BCUT2D eigenvalue weighted by atomic mass is 10.2. The third-order valence-electron chi connectivity index (χ3n) is 5.17. The van der Waals surface area contributed by atoms with Crippen LogP contribution in [0.2, 0.25) is 0 Å². The summed E-state index contributed by atoms with van der Waals surface area (Å²) in [5.41, 5.74) is 0.888. The van der Waals surface area contributed by atoms with E-state index in [0.29, 0.717) is 38.5 Å². The van der Waals surface area contributed by atoms with Crippen LogP contribution in [0.3, 0.4) is 0 Å². The van der Waals surface area contributed by atoms with E-state index in [2.05, 4.69) is 0 Å². The average molecular weight is 383 g/mol. The zero-order chi connectivity index (χ0) is 19.5. The van der Waals surface area contributed by atoms with E-state index in [1.165, 1.54) is 12.1 Å². The van der Waals surface area contributed by atoms with Crippen molar-refractivity contribution in [1.82, 2.24) is 14.7 Å². The second kappa shape index (κ2) is 7.88. The number of carbonyl (C=O) groups is 2. The molecule has 6 nitrogen and oxygen atoms in total. The van der Waals surface area contributed by atoms with E-state index in [4.69, 9.17) is 4.74 Å². The number of rotatable bonds is 5. The molecular weight excluding hydrogens is 361 g/mol. The Hall–Kier alpha value is -3.09. The van der Waals surface area contributed by atoms with Gasteiger partial charge in [-0.1, -0.05) is 30.3 Å². The smallest absolute Gasteiger partial charge is 0.320 e.